The number of oxazole rings is 1. The lowest BCUT2D eigenvalue weighted by Gasteiger charge is -2.30. The van der Waals surface area contributed by atoms with Crippen LogP contribution >= 0.6 is 0 Å². The molecule has 2 aliphatic heterocycles. The van der Waals surface area contributed by atoms with E-state index in [4.69, 9.17) is 13.9 Å². The number of aromatic nitrogens is 1. The van der Waals surface area contributed by atoms with Crippen molar-refractivity contribution in [2.24, 2.45) is 11.8 Å². The van der Waals surface area contributed by atoms with E-state index in [0.717, 1.165) is 30.5 Å². The molecule has 3 amide bonds. The van der Waals surface area contributed by atoms with Gasteiger partial charge in [-0.3, -0.25) is 19.7 Å². The van der Waals surface area contributed by atoms with Gasteiger partial charge in [0.1, 0.15) is 24.2 Å². The highest BCUT2D eigenvalue weighted by Gasteiger charge is 2.39. The van der Waals surface area contributed by atoms with Crippen LogP contribution in [0.25, 0.3) is 0 Å². The number of halogens is 3. The predicted octanol–water partition coefficient (Wildman–Crippen LogP) is 4.78. The van der Waals surface area contributed by atoms with Crippen LogP contribution in [0.2, 0.25) is 0 Å². The summed E-state index contributed by atoms with van der Waals surface area (Å²) in [6, 6.07) is 2.80. The standard InChI is InChI=1S/C36H41F3N4O9/c1-21-6-4-14-40-30(46)13-8-22(2)32(23(3)19-51-35(49)41-25-11-9-24(10-12-25)36(37,38)39)52-34(48)29-7-5-15-43(29)33(47)28-20-50-31(42-28)18-27(45)17-26(44)16-21/h4,6,8-13,16,20,22-23,26,29,32,44H,5,7,14-15,17-19H2,1-3H3,(H,40,46)(H,41,49)/b6-4?,13-8+,21-16?. The third kappa shape index (κ3) is 11.4. The molecule has 1 aromatic heterocycles. The molecule has 5 atom stereocenters. The Morgan fingerprint density at radius 2 is 1.90 bits per heavy atom. The Morgan fingerprint density at radius 1 is 1.17 bits per heavy atom. The smallest absolute Gasteiger partial charge is 0.416 e. The molecule has 4 rings (SSSR count). The molecule has 5 unspecified atom stereocenters. The molecule has 1 aromatic carbocycles. The maximum Gasteiger partial charge on any atom is 0.416 e. The second-order valence-corrected chi connectivity index (χ2v) is 12.7. The predicted molar refractivity (Wildman–Crippen MR) is 180 cm³/mol. The SMILES string of the molecule is CC1=CC(O)CC(=O)Cc2nc(co2)C(=O)N2CCCC2C(=O)OC(C(C)COC(=O)Nc2ccc(C(F)(F)F)cc2)C(C)/C=C/C(=O)NCC=C1. The lowest BCUT2D eigenvalue weighted by atomic mass is 9.93. The van der Waals surface area contributed by atoms with Crippen LogP contribution in [0.4, 0.5) is 23.7 Å². The van der Waals surface area contributed by atoms with Crippen LogP contribution in [-0.2, 0) is 36.5 Å². The fourth-order valence-corrected chi connectivity index (χ4v) is 5.75. The van der Waals surface area contributed by atoms with E-state index in [2.05, 4.69) is 15.6 Å². The number of allylic oxidation sites excluding steroid dienone is 2. The zero-order chi connectivity index (χ0) is 38.0. The molecule has 280 valence electrons. The number of aliphatic hydroxyl groups excluding tert-OH is 1. The molecule has 2 aliphatic rings. The molecule has 3 N–H and O–H groups in total. The maximum absolute atomic E-state index is 13.6. The summed E-state index contributed by atoms with van der Waals surface area (Å²) in [5, 5.41) is 15.4. The number of esters is 1. The fourth-order valence-electron chi connectivity index (χ4n) is 5.75. The average molecular weight is 731 g/mol. The van der Waals surface area contributed by atoms with Gasteiger partial charge in [0.15, 0.2) is 5.69 Å². The Kier molecular flexibility index (Phi) is 13.5. The fraction of sp³-hybridized carbons (Fsp3) is 0.444. The number of hydrogen-bond acceptors (Lipinski definition) is 10. The number of ether oxygens (including phenoxy) is 2. The summed E-state index contributed by atoms with van der Waals surface area (Å²) in [7, 11) is 0. The monoisotopic (exact) mass is 730 g/mol. The number of alkyl halides is 3. The normalized spacial score (nSPS) is 23.9. The van der Waals surface area contributed by atoms with E-state index in [1.807, 2.05) is 0 Å². The summed E-state index contributed by atoms with van der Waals surface area (Å²) in [6.45, 7) is 5.14. The van der Waals surface area contributed by atoms with E-state index in [1.165, 1.54) is 23.1 Å². The van der Waals surface area contributed by atoms with Crippen LogP contribution in [0.15, 0.2) is 70.9 Å². The van der Waals surface area contributed by atoms with Crippen molar-refractivity contribution in [3.63, 3.8) is 0 Å². The van der Waals surface area contributed by atoms with Gasteiger partial charge >= 0.3 is 18.2 Å². The molecule has 16 heteroatoms. The molecule has 0 spiro atoms. The minimum absolute atomic E-state index is 0.0227. The number of rotatable bonds is 4. The highest BCUT2D eigenvalue weighted by atomic mass is 19.4. The molecule has 0 aliphatic carbocycles. The van der Waals surface area contributed by atoms with Crippen molar-refractivity contribution < 1.29 is 56.1 Å². The number of anilines is 1. The number of amides is 3. The Hall–Kier alpha value is -5.25. The molecule has 52 heavy (non-hydrogen) atoms. The lowest BCUT2D eigenvalue weighted by Crippen LogP contribution is -2.44. The zero-order valence-corrected chi connectivity index (χ0v) is 28.9. The number of cyclic esters (lactones) is 1. The van der Waals surface area contributed by atoms with E-state index in [1.54, 1.807) is 32.9 Å². The van der Waals surface area contributed by atoms with Crippen LogP contribution in [0.3, 0.4) is 0 Å². The van der Waals surface area contributed by atoms with Crippen LogP contribution < -0.4 is 10.6 Å². The van der Waals surface area contributed by atoms with Crippen molar-refractivity contribution in [2.75, 3.05) is 25.0 Å². The van der Waals surface area contributed by atoms with Crippen LogP contribution in [0.1, 0.15) is 62.0 Å². The molecular weight excluding hydrogens is 689 g/mol. The summed E-state index contributed by atoms with van der Waals surface area (Å²) >= 11 is 0. The number of carbonyl (C=O) groups is 5. The summed E-state index contributed by atoms with van der Waals surface area (Å²) in [6.07, 6.45) is 1.46. The summed E-state index contributed by atoms with van der Waals surface area (Å²) in [5.74, 6) is -3.46. The first-order valence-electron chi connectivity index (χ1n) is 16.7. The Morgan fingerprint density at radius 3 is 2.62 bits per heavy atom. The molecule has 13 nitrogen and oxygen atoms in total. The Labute approximate surface area is 297 Å². The highest BCUT2D eigenvalue weighted by molar-refractivity contribution is 5.95. The van der Waals surface area contributed by atoms with Crippen molar-refractivity contribution in [1.29, 1.82) is 0 Å². The van der Waals surface area contributed by atoms with Gasteiger partial charge in [0.05, 0.1) is 24.7 Å². The summed E-state index contributed by atoms with van der Waals surface area (Å²) in [4.78, 5) is 70.2. The van der Waals surface area contributed by atoms with Gasteiger partial charge in [-0.2, -0.15) is 13.2 Å². The number of fused-ring (bicyclic) bond motifs is 3. The number of Topliss-reactive ketones (excluding diaryl/α,β-unsaturated/α-hetero) is 1. The van der Waals surface area contributed by atoms with Crippen LogP contribution in [0, 0.1) is 11.8 Å². The number of hydrogen-bond donors (Lipinski definition) is 3. The zero-order valence-electron chi connectivity index (χ0n) is 28.9. The first kappa shape index (κ1) is 39.5. The highest BCUT2D eigenvalue weighted by Crippen LogP contribution is 2.30. The molecule has 2 bridgehead atoms. The first-order chi connectivity index (χ1) is 24.6. The van der Waals surface area contributed by atoms with Gasteiger partial charge in [-0.05, 0) is 50.1 Å². The summed E-state index contributed by atoms with van der Waals surface area (Å²) < 4.78 is 55.3. The van der Waals surface area contributed by atoms with Gasteiger partial charge in [0.2, 0.25) is 11.8 Å². The van der Waals surface area contributed by atoms with Gasteiger partial charge in [0, 0.05) is 37.0 Å². The van der Waals surface area contributed by atoms with E-state index in [0.29, 0.717) is 12.0 Å². The van der Waals surface area contributed by atoms with E-state index in [9.17, 15) is 42.3 Å². The maximum atomic E-state index is 13.6. The molecule has 2 aromatic rings. The van der Waals surface area contributed by atoms with Crippen LogP contribution in [-0.4, -0.2) is 82.6 Å². The van der Waals surface area contributed by atoms with Gasteiger partial charge in [-0.25, -0.2) is 14.6 Å². The number of aliphatic hydroxyl groups is 1. The number of carbonyl (C=O) groups excluding carboxylic acids is 5. The van der Waals surface area contributed by atoms with Crippen LogP contribution in [0.5, 0.6) is 0 Å². The van der Waals surface area contributed by atoms with Gasteiger partial charge in [0.25, 0.3) is 5.91 Å². The molecule has 1 saturated heterocycles. The summed E-state index contributed by atoms with van der Waals surface area (Å²) in [5.41, 5.74) is -0.276. The third-order valence-corrected chi connectivity index (χ3v) is 8.39. The number of benzene rings is 1. The second kappa shape index (κ2) is 17.8. The van der Waals surface area contributed by atoms with Crippen molar-refractivity contribution in [3.8, 4) is 0 Å². The second-order valence-electron chi connectivity index (χ2n) is 12.7. The third-order valence-electron chi connectivity index (χ3n) is 8.39. The van der Waals surface area contributed by atoms with Crippen molar-refractivity contribution >= 4 is 35.3 Å². The minimum Gasteiger partial charge on any atom is -0.460 e. The molecular formula is C36H41F3N4O9. The molecule has 0 radical (unpaired) electrons. The largest absolute Gasteiger partial charge is 0.460 e. The molecule has 1 fully saturated rings. The Balaban J connectivity index is 1.52. The van der Waals surface area contributed by atoms with Gasteiger partial charge < -0.3 is 29.2 Å². The lowest BCUT2D eigenvalue weighted by molar-refractivity contribution is -0.159. The van der Waals surface area contributed by atoms with E-state index in [-0.39, 0.29) is 62.0 Å². The average Bonchev–Trinajstić information content (AvgIpc) is 3.76. The Bertz CT molecular complexity index is 1700. The van der Waals surface area contributed by atoms with Crippen molar-refractivity contribution in [3.05, 3.63) is 83.6 Å². The van der Waals surface area contributed by atoms with E-state index < -0.39 is 65.7 Å². The quantitative estimate of drug-likeness (QED) is 0.371. The van der Waals surface area contributed by atoms with E-state index >= 15 is 0 Å². The number of ketones is 1. The van der Waals surface area contributed by atoms with Gasteiger partial charge in [-0.1, -0.05) is 43.7 Å². The molecule has 3 heterocycles. The molecule has 0 saturated carbocycles. The first-order valence-corrected chi connectivity index (χ1v) is 16.7. The van der Waals surface area contributed by atoms with Crippen molar-refractivity contribution in [1.82, 2.24) is 15.2 Å². The minimum atomic E-state index is -4.54. The van der Waals surface area contributed by atoms with Gasteiger partial charge in [-0.15, -0.1) is 0 Å². The topological polar surface area (TPSA) is 177 Å². The number of nitrogens with zero attached hydrogens (tertiary/aromatic N) is 2. The van der Waals surface area contributed by atoms with Crippen molar-refractivity contribution in [2.45, 2.75) is 70.9 Å². The number of nitrogens with one attached hydrogen (secondary N) is 2.